The molecule has 2 heteroatoms. The molecule has 4 aliphatic carbocycles. The van der Waals surface area contributed by atoms with Crippen LogP contribution in [-0.2, 0) is 9.47 Å². The second-order valence-electron chi connectivity index (χ2n) is 6.27. The molecule has 0 aromatic carbocycles. The Balaban J connectivity index is 1.70. The molecule has 4 bridgehead atoms. The molecule has 84 valence electrons. The summed E-state index contributed by atoms with van der Waals surface area (Å²) in [6.45, 7) is 2.97. The molecule has 1 spiro atoms. The van der Waals surface area contributed by atoms with Gasteiger partial charge in [0.05, 0.1) is 12.7 Å². The maximum Gasteiger partial charge on any atom is 0.174 e. The summed E-state index contributed by atoms with van der Waals surface area (Å²) in [5, 5.41) is 0. The van der Waals surface area contributed by atoms with Gasteiger partial charge in [-0.2, -0.15) is 0 Å². The summed E-state index contributed by atoms with van der Waals surface area (Å²) in [6, 6.07) is 0. The first-order chi connectivity index (χ1) is 7.26. The van der Waals surface area contributed by atoms with Crippen LogP contribution in [-0.4, -0.2) is 18.5 Å². The van der Waals surface area contributed by atoms with Crippen molar-refractivity contribution in [3.63, 3.8) is 0 Å². The van der Waals surface area contributed by atoms with Crippen molar-refractivity contribution >= 4 is 0 Å². The summed E-state index contributed by atoms with van der Waals surface area (Å²) in [6.07, 6.45) is 7.32. The lowest BCUT2D eigenvalue weighted by atomic mass is 9.53. The van der Waals surface area contributed by atoms with Crippen molar-refractivity contribution in [1.82, 2.24) is 0 Å². The molecule has 0 aromatic rings. The van der Waals surface area contributed by atoms with E-state index < -0.39 is 0 Å². The van der Waals surface area contributed by atoms with Crippen LogP contribution in [0.5, 0.6) is 0 Å². The van der Waals surface area contributed by atoms with Crippen molar-refractivity contribution in [2.45, 2.75) is 50.9 Å². The van der Waals surface area contributed by atoms with Crippen LogP contribution in [0.1, 0.15) is 39.0 Å². The number of hydrogen-bond donors (Lipinski definition) is 0. The van der Waals surface area contributed by atoms with Gasteiger partial charge in [-0.3, -0.25) is 0 Å². The van der Waals surface area contributed by atoms with Crippen LogP contribution in [0, 0.1) is 23.7 Å². The molecule has 4 saturated carbocycles. The highest BCUT2D eigenvalue weighted by Crippen LogP contribution is 2.61. The maximum atomic E-state index is 6.20. The predicted octanol–water partition coefficient (Wildman–Crippen LogP) is 2.57. The van der Waals surface area contributed by atoms with Gasteiger partial charge in [0.25, 0.3) is 0 Å². The quantitative estimate of drug-likeness (QED) is 0.609. The third-order valence-corrected chi connectivity index (χ3v) is 5.21. The van der Waals surface area contributed by atoms with Crippen molar-refractivity contribution in [1.29, 1.82) is 0 Å². The standard InChI is InChI=1S/C13H20O2/c1-8-7-14-13(15-8)11-3-9-2-10(5-11)6-12(13)4-9/h8-12H,2-7H2,1H3. The molecule has 0 aromatic heterocycles. The van der Waals surface area contributed by atoms with Crippen LogP contribution in [0.25, 0.3) is 0 Å². The highest BCUT2D eigenvalue weighted by molar-refractivity contribution is 5.05. The van der Waals surface area contributed by atoms with Crippen molar-refractivity contribution < 1.29 is 9.47 Å². The average molecular weight is 208 g/mol. The van der Waals surface area contributed by atoms with E-state index in [4.69, 9.17) is 9.47 Å². The monoisotopic (exact) mass is 208 g/mol. The van der Waals surface area contributed by atoms with E-state index in [0.29, 0.717) is 6.10 Å². The van der Waals surface area contributed by atoms with Gasteiger partial charge in [0.15, 0.2) is 5.79 Å². The topological polar surface area (TPSA) is 18.5 Å². The van der Waals surface area contributed by atoms with E-state index in [1.165, 1.54) is 32.1 Å². The zero-order valence-electron chi connectivity index (χ0n) is 9.45. The first kappa shape index (κ1) is 9.00. The molecular formula is C13H20O2. The van der Waals surface area contributed by atoms with Gasteiger partial charge in [-0.1, -0.05) is 0 Å². The fourth-order valence-corrected chi connectivity index (χ4v) is 4.90. The smallest absolute Gasteiger partial charge is 0.174 e. The first-order valence-electron chi connectivity index (χ1n) is 6.58. The Bertz CT molecular complexity index is 258. The Morgan fingerprint density at radius 1 is 0.933 bits per heavy atom. The summed E-state index contributed by atoms with van der Waals surface area (Å²) < 4.78 is 12.3. The maximum absolute atomic E-state index is 6.20. The summed E-state index contributed by atoms with van der Waals surface area (Å²) in [5.41, 5.74) is 0. The first-order valence-corrected chi connectivity index (χ1v) is 6.58. The van der Waals surface area contributed by atoms with Gasteiger partial charge in [0.1, 0.15) is 0 Å². The summed E-state index contributed by atoms with van der Waals surface area (Å²) in [5.74, 6) is 3.31. The molecular weight excluding hydrogens is 188 g/mol. The van der Waals surface area contributed by atoms with Crippen LogP contribution >= 0.6 is 0 Å². The van der Waals surface area contributed by atoms with E-state index in [0.717, 1.165) is 30.3 Å². The molecule has 2 nitrogen and oxygen atoms in total. The molecule has 1 saturated heterocycles. The molecule has 1 heterocycles. The average Bonchev–Trinajstić information content (AvgIpc) is 2.57. The van der Waals surface area contributed by atoms with Crippen LogP contribution in [0.2, 0.25) is 0 Å². The summed E-state index contributed by atoms with van der Waals surface area (Å²) in [7, 11) is 0. The SMILES string of the molecule is CC1COC2(O1)C1CC3CC(C1)CC2C3. The van der Waals surface area contributed by atoms with Crippen LogP contribution in [0.4, 0.5) is 0 Å². The van der Waals surface area contributed by atoms with Gasteiger partial charge in [-0.05, 0) is 50.9 Å². The minimum atomic E-state index is -0.132. The van der Waals surface area contributed by atoms with Crippen molar-refractivity contribution in [2.24, 2.45) is 23.7 Å². The molecule has 0 radical (unpaired) electrons. The minimum Gasteiger partial charge on any atom is -0.347 e. The van der Waals surface area contributed by atoms with E-state index >= 15 is 0 Å². The number of hydrogen-bond acceptors (Lipinski definition) is 2. The fraction of sp³-hybridized carbons (Fsp3) is 1.00. The molecule has 1 aliphatic heterocycles. The van der Waals surface area contributed by atoms with Crippen molar-refractivity contribution in [2.75, 3.05) is 6.61 Å². The van der Waals surface area contributed by atoms with E-state index in [1.807, 2.05) is 0 Å². The second-order valence-corrected chi connectivity index (χ2v) is 6.27. The third-order valence-electron chi connectivity index (χ3n) is 5.21. The highest BCUT2D eigenvalue weighted by Gasteiger charge is 2.61. The minimum absolute atomic E-state index is 0.132. The molecule has 1 unspecified atom stereocenters. The van der Waals surface area contributed by atoms with Crippen LogP contribution in [0.3, 0.4) is 0 Å². The summed E-state index contributed by atoms with van der Waals surface area (Å²) in [4.78, 5) is 0. The molecule has 5 fully saturated rings. The predicted molar refractivity (Wildman–Crippen MR) is 56.3 cm³/mol. The Kier molecular flexibility index (Phi) is 1.67. The molecule has 5 rings (SSSR count). The van der Waals surface area contributed by atoms with E-state index in [-0.39, 0.29) is 5.79 Å². The van der Waals surface area contributed by atoms with Gasteiger partial charge in [-0.15, -0.1) is 0 Å². The lowest BCUT2D eigenvalue weighted by Gasteiger charge is -2.58. The number of rotatable bonds is 0. The molecule has 5 aliphatic rings. The van der Waals surface area contributed by atoms with E-state index in [9.17, 15) is 0 Å². The van der Waals surface area contributed by atoms with Crippen LogP contribution in [0.15, 0.2) is 0 Å². The lowest BCUT2D eigenvalue weighted by molar-refractivity contribution is -0.293. The van der Waals surface area contributed by atoms with Crippen molar-refractivity contribution in [3.8, 4) is 0 Å². The second kappa shape index (κ2) is 2.78. The largest absolute Gasteiger partial charge is 0.347 e. The fourth-order valence-electron chi connectivity index (χ4n) is 4.90. The van der Waals surface area contributed by atoms with Gasteiger partial charge < -0.3 is 9.47 Å². The Hall–Kier alpha value is -0.0800. The zero-order chi connectivity index (χ0) is 10.0. The highest BCUT2D eigenvalue weighted by atomic mass is 16.7. The lowest BCUT2D eigenvalue weighted by Crippen LogP contribution is -2.58. The van der Waals surface area contributed by atoms with Crippen LogP contribution < -0.4 is 0 Å². The normalized spacial score (nSPS) is 61.8. The Morgan fingerprint density at radius 3 is 2.00 bits per heavy atom. The third kappa shape index (κ3) is 1.07. The zero-order valence-corrected chi connectivity index (χ0v) is 9.45. The Morgan fingerprint density at radius 2 is 1.53 bits per heavy atom. The number of ether oxygens (including phenoxy) is 2. The Labute approximate surface area is 91.3 Å². The molecule has 0 amide bonds. The van der Waals surface area contributed by atoms with Crippen molar-refractivity contribution in [3.05, 3.63) is 0 Å². The van der Waals surface area contributed by atoms with E-state index in [2.05, 4.69) is 6.92 Å². The summed E-state index contributed by atoms with van der Waals surface area (Å²) >= 11 is 0. The molecule has 0 N–H and O–H groups in total. The van der Waals surface area contributed by atoms with Gasteiger partial charge >= 0.3 is 0 Å². The van der Waals surface area contributed by atoms with Gasteiger partial charge in [0.2, 0.25) is 0 Å². The molecule has 15 heavy (non-hydrogen) atoms. The van der Waals surface area contributed by atoms with E-state index in [1.54, 1.807) is 0 Å². The van der Waals surface area contributed by atoms with Gasteiger partial charge in [-0.25, -0.2) is 0 Å². The van der Waals surface area contributed by atoms with Gasteiger partial charge in [0, 0.05) is 11.8 Å². The molecule has 1 atom stereocenters.